The number of rotatable bonds is 3. The highest BCUT2D eigenvalue weighted by molar-refractivity contribution is 6.06. The number of carbonyl (C=O) groups excluding carboxylic acids is 1. The van der Waals surface area contributed by atoms with Crippen LogP contribution in [0.1, 0.15) is 49.7 Å². The smallest absolute Gasteiger partial charge is 0.339 e. The summed E-state index contributed by atoms with van der Waals surface area (Å²) < 4.78 is 5.51. The highest BCUT2D eigenvalue weighted by atomic mass is 16.6. The van der Waals surface area contributed by atoms with Crippen molar-refractivity contribution in [2.24, 2.45) is 5.73 Å². The first-order valence-corrected chi connectivity index (χ1v) is 7.39. The Balaban J connectivity index is 2.65. The maximum absolute atomic E-state index is 12.6. The Labute approximate surface area is 130 Å². The molecule has 0 amide bonds. The third-order valence-electron chi connectivity index (χ3n) is 3.38. The Hall–Kier alpha value is -1.91. The van der Waals surface area contributed by atoms with Crippen molar-refractivity contribution in [1.82, 2.24) is 0 Å². The van der Waals surface area contributed by atoms with E-state index in [4.69, 9.17) is 10.5 Å². The predicted octanol–water partition coefficient (Wildman–Crippen LogP) is 3.18. The molecule has 1 unspecified atom stereocenters. The van der Waals surface area contributed by atoms with Crippen LogP contribution in [-0.2, 0) is 4.74 Å². The molecule has 0 aliphatic carbocycles. The zero-order chi connectivity index (χ0) is 16.5. The first kappa shape index (κ1) is 16.5. The van der Waals surface area contributed by atoms with Crippen molar-refractivity contribution in [2.45, 2.75) is 45.4 Å². The van der Waals surface area contributed by atoms with E-state index in [9.17, 15) is 9.90 Å². The number of hydrogen-bond donors (Lipinski definition) is 2. The van der Waals surface area contributed by atoms with E-state index in [1.165, 1.54) is 0 Å². The van der Waals surface area contributed by atoms with Gasteiger partial charge in [-0.15, -0.1) is 0 Å². The van der Waals surface area contributed by atoms with Gasteiger partial charge in [0.05, 0.1) is 11.7 Å². The summed E-state index contributed by atoms with van der Waals surface area (Å²) in [5, 5.41) is 12.0. The van der Waals surface area contributed by atoms with Gasteiger partial charge in [0, 0.05) is 6.04 Å². The second kappa shape index (κ2) is 6.07. The molecule has 0 fully saturated rings. The van der Waals surface area contributed by atoms with Crippen LogP contribution in [0.25, 0.3) is 10.8 Å². The molecular weight excluding hydrogens is 278 g/mol. The van der Waals surface area contributed by atoms with Crippen LogP contribution in [-0.4, -0.2) is 22.7 Å². The van der Waals surface area contributed by atoms with Crippen LogP contribution in [0.4, 0.5) is 0 Å². The highest BCUT2D eigenvalue weighted by Crippen LogP contribution is 2.29. The van der Waals surface area contributed by atoms with Crippen molar-refractivity contribution in [1.29, 1.82) is 0 Å². The van der Waals surface area contributed by atoms with Crippen molar-refractivity contribution >= 4 is 16.7 Å². The topological polar surface area (TPSA) is 72.5 Å². The average Bonchev–Trinajstić information content (AvgIpc) is 2.43. The first-order chi connectivity index (χ1) is 10.2. The minimum atomic E-state index is -0.924. The molecule has 118 valence electrons. The predicted molar refractivity (Wildman–Crippen MR) is 87.7 cm³/mol. The molecule has 0 aliphatic rings. The van der Waals surface area contributed by atoms with E-state index in [-0.39, 0.29) is 0 Å². The second-order valence-corrected chi connectivity index (χ2v) is 6.56. The van der Waals surface area contributed by atoms with Gasteiger partial charge in [0.2, 0.25) is 0 Å². The van der Waals surface area contributed by atoms with Gasteiger partial charge in [0.1, 0.15) is 5.60 Å². The monoisotopic (exact) mass is 301 g/mol. The van der Waals surface area contributed by atoms with Crippen LogP contribution in [0.2, 0.25) is 0 Å². The molecule has 0 saturated carbocycles. The SMILES string of the molecule is C[C@H](N)C(O)c1ccc2ccccc2c1C(=O)OC(C)(C)C. The van der Waals surface area contributed by atoms with E-state index in [0.29, 0.717) is 11.1 Å². The number of fused-ring (bicyclic) bond motifs is 1. The Morgan fingerprint density at radius 1 is 1.18 bits per heavy atom. The fourth-order valence-electron chi connectivity index (χ4n) is 2.38. The maximum Gasteiger partial charge on any atom is 0.339 e. The third kappa shape index (κ3) is 3.46. The summed E-state index contributed by atoms with van der Waals surface area (Å²) in [7, 11) is 0. The number of esters is 1. The number of aliphatic hydroxyl groups is 1. The van der Waals surface area contributed by atoms with Crippen LogP contribution < -0.4 is 5.73 Å². The van der Waals surface area contributed by atoms with Crippen LogP contribution >= 0.6 is 0 Å². The summed E-state index contributed by atoms with van der Waals surface area (Å²) in [4.78, 5) is 12.6. The number of nitrogens with two attached hydrogens (primary N) is 1. The van der Waals surface area contributed by atoms with Crippen molar-refractivity contribution in [3.63, 3.8) is 0 Å². The normalized spacial score (nSPS) is 14.6. The lowest BCUT2D eigenvalue weighted by atomic mass is 9.93. The van der Waals surface area contributed by atoms with Gasteiger partial charge >= 0.3 is 5.97 Å². The fraction of sp³-hybridized carbons (Fsp3) is 0.389. The number of aliphatic hydroxyl groups excluding tert-OH is 1. The number of hydrogen-bond acceptors (Lipinski definition) is 4. The van der Waals surface area contributed by atoms with Gasteiger partial charge in [-0.05, 0) is 44.0 Å². The fourth-order valence-corrected chi connectivity index (χ4v) is 2.38. The van der Waals surface area contributed by atoms with Gasteiger partial charge in [0.15, 0.2) is 0 Å². The number of carbonyl (C=O) groups is 1. The van der Waals surface area contributed by atoms with E-state index in [0.717, 1.165) is 10.8 Å². The molecule has 0 aromatic heterocycles. The van der Waals surface area contributed by atoms with Crippen molar-refractivity contribution in [2.75, 3.05) is 0 Å². The quantitative estimate of drug-likeness (QED) is 0.854. The molecule has 2 aromatic rings. The van der Waals surface area contributed by atoms with Crippen LogP contribution in [0.15, 0.2) is 36.4 Å². The molecule has 2 atom stereocenters. The van der Waals surface area contributed by atoms with Gasteiger partial charge in [-0.2, -0.15) is 0 Å². The van der Waals surface area contributed by atoms with Crippen LogP contribution in [0.5, 0.6) is 0 Å². The Kier molecular flexibility index (Phi) is 4.54. The minimum Gasteiger partial charge on any atom is -0.456 e. The van der Waals surface area contributed by atoms with Crippen LogP contribution in [0, 0.1) is 0 Å². The van der Waals surface area contributed by atoms with Crippen molar-refractivity contribution in [3.8, 4) is 0 Å². The van der Waals surface area contributed by atoms with E-state index in [1.807, 2.05) is 51.1 Å². The van der Waals surface area contributed by atoms with Crippen molar-refractivity contribution in [3.05, 3.63) is 47.5 Å². The largest absolute Gasteiger partial charge is 0.456 e. The maximum atomic E-state index is 12.6. The Morgan fingerprint density at radius 3 is 2.41 bits per heavy atom. The summed E-state index contributed by atoms with van der Waals surface area (Å²) in [5.41, 5.74) is 6.09. The summed E-state index contributed by atoms with van der Waals surface area (Å²) in [6.45, 7) is 7.16. The number of ether oxygens (including phenoxy) is 1. The molecule has 0 radical (unpaired) electrons. The molecule has 0 aliphatic heterocycles. The number of benzene rings is 2. The Bertz CT molecular complexity index is 686. The van der Waals surface area contributed by atoms with Gasteiger partial charge in [0.25, 0.3) is 0 Å². The third-order valence-corrected chi connectivity index (χ3v) is 3.38. The molecule has 3 N–H and O–H groups in total. The standard InChI is InChI=1S/C18H23NO3/c1-11(19)16(20)14-10-9-12-7-5-6-8-13(12)15(14)17(21)22-18(2,3)4/h5-11,16,20H,19H2,1-4H3/t11-,16?/m0/s1. The lowest BCUT2D eigenvalue weighted by Crippen LogP contribution is -2.28. The van der Waals surface area contributed by atoms with Crippen molar-refractivity contribution < 1.29 is 14.6 Å². The van der Waals surface area contributed by atoms with Gasteiger partial charge < -0.3 is 15.6 Å². The van der Waals surface area contributed by atoms with E-state index >= 15 is 0 Å². The molecule has 4 nitrogen and oxygen atoms in total. The zero-order valence-corrected chi connectivity index (χ0v) is 13.5. The second-order valence-electron chi connectivity index (χ2n) is 6.56. The zero-order valence-electron chi connectivity index (χ0n) is 13.5. The van der Waals surface area contributed by atoms with Gasteiger partial charge in [-0.1, -0.05) is 36.4 Å². The molecular formula is C18H23NO3. The highest BCUT2D eigenvalue weighted by Gasteiger charge is 2.26. The average molecular weight is 301 g/mol. The summed E-state index contributed by atoms with van der Waals surface area (Å²) >= 11 is 0. The lowest BCUT2D eigenvalue weighted by molar-refractivity contribution is 0.00659. The molecule has 0 bridgehead atoms. The van der Waals surface area contributed by atoms with E-state index < -0.39 is 23.7 Å². The minimum absolute atomic E-state index is 0.387. The molecule has 0 spiro atoms. The molecule has 4 heteroatoms. The summed E-state index contributed by atoms with van der Waals surface area (Å²) in [5.74, 6) is -0.445. The molecule has 0 saturated heterocycles. The van der Waals surface area contributed by atoms with E-state index in [1.54, 1.807) is 13.0 Å². The molecule has 22 heavy (non-hydrogen) atoms. The molecule has 0 heterocycles. The van der Waals surface area contributed by atoms with Crippen LogP contribution in [0.3, 0.4) is 0 Å². The van der Waals surface area contributed by atoms with Gasteiger partial charge in [-0.25, -0.2) is 4.79 Å². The Morgan fingerprint density at radius 2 is 1.82 bits per heavy atom. The van der Waals surface area contributed by atoms with Gasteiger partial charge in [-0.3, -0.25) is 0 Å². The lowest BCUT2D eigenvalue weighted by Gasteiger charge is -2.23. The molecule has 2 rings (SSSR count). The summed E-state index contributed by atoms with van der Waals surface area (Å²) in [6.07, 6.45) is -0.924. The van der Waals surface area contributed by atoms with E-state index in [2.05, 4.69) is 0 Å². The molecule has 2 aromatic carbocycles. The summed E-state index contributed by atoms with van der Waals surface area (Å²) in [6, 6.07) is 10.7. The first-order valence-electron chi connectivity index (χ1n) is 7.39.